The van der Waals surface area contributed by atoms with Crippen molar-refractivity contribution in [3.8, 4) is 0 Å². The summed E-state index contributed by atoms with van der Waals surface area (Å²) in [5.74, 6) is 0.209. The lowest BCUT2D eigenvalue weighted by Crippen LogP contribution is -2.35. The predicted molar refractivity (Wildman–Crippen MR) is 71.8 cm³/mol. The zero-order chi connectivity index (χ0) is 13.1. The molecule has 0 saturated heterocycles. The lowest BCUT2D eigenvalue weighted by Gasteiger charge is -2.21. The summed E-state index contributed by atoms with van der Waals surface area (Å²) in [5, 5.41) is 3.14. The predicted octanol–water partition coefficient (Wildman–Crippen LogP) is 0.659. The van der Waals surface area contributed by atoms with E-state index in [-0.39, 0.29) is 11.9 Å². The van der Waals surface area contributed by atoms with E-state index in [4.69, 9.17) is 5.73 Å². The first-order valence-corrected chi connectivity index (χ1v) is 6.17. The van der Waals surface area contributed by atoms with Gasteiger partial charge in [-0.2, -0.15) is 0 Å². The van der Waals surface area contributed by atoms with E-state index >= 15 is 0 Å². The molecule has 0 fully saturated rings. The van der Waals surface area contributed by atoms with Crippen molar-refractivity contribution in [3.05, 3.63) is 33.0 Å². The third kappa shape index (κ3) is 2.32. The second kappa shape index (κ2) is 5.12. The first-order chi connectivity index (χ1) is 8.63. The summed E-state index contributed by atoms with van der Waals surface area (Å²) in [5.41, 5.74) is 5.27. The average molecular weight is 250 g/mol. The minimum absolute atomic E-state index is 0.196. The first kappa shape index (κ1) is 12.5. The fraction of sp³-hybridized carbons (Fsp3) is 0.500. The van der Waals surface area contributed by atoms with Gasteiger partial charge in [0.05, 0.1) is 0 Å². The summed E-state index contributed by atoms with van der Waals surface area (Å²) in [6.07, 6.45) is 7.02. The van der Waals surface area contributed by atoms with Crippen LogP contribution in [0.4, 0.5) is 11.5 Å². The highest BCUT2D eigenvalue weighted by Crippen LogP contribution is 2.18. The second-order valence-corrected chi connectivity index (χ2v) is 4.39. The maximum absolute atomic E-state index is 11.8. The Hall–Kier alpha value is -1.98. The maximum Gasteiger partial charge on any atom is 0.330 e. The molecule has 1 atom stereocenters. The molecule has 1 unspecified atom stereocenters. The van der Waals surface area contributed by atoms with Crippen molar-refractivity contribution >= 4 is 11.5 Å². The number of nitrogens with one attached hydrogen (secondary N) is 2. The summed E-state index contributed by atoms with van der Waals surface area (Å²) in [6.45, 7) is 2.24. The van der Waals surface area contributed by atoms with E-state index in [9.17, 15) is 9.59 Å². The molecular formula is C12H18N4O2. The molecule has 0 aromatic carbocycles. The van der Waals surface area contributed by atoms with Crippen LogP contribution in [0.3, 0.4) is 0 Å². The van der Waals surface area contributed by atoms with E-state index in [1.54, 1.807) is 0 Å². The number of rotatable bonds is 3. The highest BCUT2D eigenvalue weighted by molar-refractivity contribution is 5.61. The van der Waals surface area contributed by atoms with Crippen molar-refractivity contribution in [2.75, 3.05) is 11.1 Å². The quantitative estimate of drug-likeness (QED) is 0.687. The van der Waals surface area contributed by atoms with Crippen LogP contribution in [0, 0.1) is 0 Å². The summed E-state index contributed by atoms with van der Waals surface area (Å²) in [4.78, 5) is 25.6. The number of nitrogens with zero attached hydrogens (tertiary/aromatic N) is 1. The van der Waals surface area contributed by atoms with Gasteiger partial charge in [-0.3, -0.25) is 14.3 Å². The summed E-state index contributed by atoms with van der Waals surface area (Å²) < 4.78 is 1.35. The van der Waals surface area contributed by atoms with Crippen LogP contribution in [0.25, 0.3) is 0 Å². The minimum atomic E-state index is -0.464. The zero-order valence-corrected chi connectivity index (χ0v) is 10.4. The van der Waals surface area contributed by atoms with Crippen LogP contribution in [0.5, 0.6) is 0 Å². The molecule has 6 heteroatoms. The lowest BCUT2D eigenvalue weighted by atomic mass is 10.0. The zero-order valence-electron chi connectivity index (χ0n) is 10.4. The lowest BCUT2D eigenvalue weighted by molar-refractivity contribution is 0.638. The second-order valence-electron chi connectivity index (χ2n) is 4.39. The number of aromatic amines is 1. The van der Waals surface area contributed by atoms with Crippen molar-refractivity contribution < 1.29 is 0 Å². The van der Waals surface area contributed by atoms with E-state index in [0.29, 0.717) is 12.2 Å². The first-order valence-electron chi connectivity index (χ1n) is 6.17. The van der Waals surface area contributed by atoms with E-state index in [1.165, 1.54) is 4.57 Å². The molecule has 1 aliphatic carbocycles. The summed E-state index contributed by atoms with van der Waals surface area (Å²) >= 11 is 0. The average Bonchev–Trinajstić information content (AvgIpc) is 2.36. The number of aromatic nitrogens is 2. The van der Waals surface area contributed by atoms with Crippen molar-refractivity contribution in [2.45, 2.75) is 38.8 Å². The minimum Gasteiger partial charge on any atom is -0.383 e. The normalized spacial score (nSPS) is 18.8. The molecule has 0 spiro atoms. The highest BCUT2D eigenvalue weighted by atomic mass is 16.2. The number of hydrogen-bond acceptors (Lipinski definition) is 4. The Morgan fingerprint density at radius 3 is 2.89 bits per heavy atom. The topological polar surface area (TPSA) is 92.9 Å². The van der Waals surface area contributed by atoms with Crippen LogP contribution in [-0.4, -0.2) is 15.6 Å². The Morgan fingerprint density at radius 1 is 1.50 bits per heavy atom. The molecule has 1 heterocycles. The number of H-pyrrole nitrogens is 1. The standard InChI is InChI=1S/C12H18N4O2/c1-2-16-10(13)9(11(17)15-12(16)18)14-8-6-4-3-5-7-8/h3-4,8,14H,2,5-7,13H2,1H3,(H,15,17,18). The number of allylic oxidation sites excluding steroid dienone is 1. The Balaban J connectivity index is 2.35. The highest BCUT2D eigenvalue weighted by Gasteiger charge is 2.16. The SMILES string of the molecule is CCn1c(N)c(NC2CC=CCC2)c(=O)[nH]c1=O. The van der Waals surface area contributed by atoms with Gasteiger partial charge in [-0.25, -0.2) is 4.79 Å². The van der Waals surface area contributed by atoms with Gasteiger partial charge in [0.15, 0.2) is 0 Å². The molecule has 18 heavy (non-hydrogen) atoms. The van der Waals surface area contributed by atoms with E-state index in [2.05, 4.69) is 22.5 Å². The monoisotopic (exact) mass is 250 g/mol. The van der Waals surface area contributed by atoms with Gasteiger partial charge in [-0.15, -0.1) is 0 Å². The molecule has 1 aromatic heterocycles. The van der Waals surface area contributed by atoms with Crippen molar-refractivity contribution in [1.29, 1.82) is 0 Å². The molecule has 0 bridgehead atoms. The molecule has 1 aromatic rings. The molecular weight excluding hydrogens is 232 g/mol. The summed E-state index contributed by atoms with van der Waals surface area (Å²) in [6, 6.07) is 0.196. The van der Waals surface area contributed by atoms with Crippen LogP contribution in [0.15, 0.2) is 21.7 Å². The number of hydrogen-bond donors (Lipinski definition) is 3. The number of nitrogen functional groups attached to an aromatic ring is 1. The largest absolute Gasteiger partial charge is 0.383 e. The van der Waals surface area contributed by atoms with Gasteiger partial charge in [0.2, 0.25) is 0 Å². The van der Waals surface area contributed by atoms with Gasteiger partial charge in [0, 0.05) is 12.6 Å². The molecule has 4 N–H and O–H groups in total. The molecule has 1 aliphatic rings. The third-order valence-corrected chi connectivity index (χ3v) is 3.17. The van der Waals surface area contributed by atoms with E-state index < -0.39 is 11.2 Å². The van der Waals surface area contributed by atoms with Crippen LogP contribution >= 0.6 is 0 Å². The fourth-order valence-electron chi connectivity index (χ4n) is 2.17. The molecule has 0 amide bonds. The Labute approximate surface area is 105 Å². The van der Waals surface area contributed by atoms with Crippen LogP contribution < -0.4 is 22.3 Å². The molecule has 0 saturated carbocycles. The molecule has 2 rings (SSSR count). The molecule has 0 aliphatic heterocycles. The van der Waals surface area contributed by atoms with E-state index in [1.807, 2.05) is 6.92 Å². The van der Waals surface area contributed by atoms with Gasteiger partial charge < -0.3 is 11.1 Å². The van der Waals surface area contributed by atoms with Crippen molar-refractivity contribution in [2.24, 2.45) is 0 Å². The van der Waals surface area contributed by atoms with Crippen molar-refractivity contribution in [1.82, 2.24) is 9.55 Å². The van der Waals surface area contributed by atoms with Crippen molar-refractivity contribution in [3.63, 3.8) is 0 Å². The molecule has 0 radical (unpaired) electrons. The van der Waals surface area contributed by atoms with Gasteiger partial charge in [0.25, 0.3) is 5.56 Å². The fourth-order valence-corrected chi connectivity index (χ4v) is 2.17. The smallest absolute Gasteiger partial charge is 0.330 e. The van der Waals surface area contributed by atoms with Crippen LogP contribution in [-0.2, 0) is 6.54 Å². The van der Waals surface area contributed by atoms with Gasteiger partial charge in [-0.1, -0.05) is 12.2 Å². The number of nitrogens with two attached hydrogens (primary N) is 1. The van der Waals surface area contributed by atoms with E-state index in [0.717, 1.165) is 19.3 Å². The Kier molecular flexibility index (Phi) is 3.55. The summed E-state index contributed by atoms with van der Waals surface area (Å²) in [7, 11) is 0. The third-order valence-electron chi connectivity index (χ3n) is 3.17. The van der Waals surface area contributed by atoms with Gasteiger partial charge in [-0.05, 0) is 26.2 Å². The molecule has 6 nitrogen and oxygen atoms in total. The van der Waals surface area contributed by atoms with Gasteiger partial charge >= 0.3 is 5.69 Å². The number of anilines is 2. The Morgan fingerprint density at radius 2 is 2.28 bits per heavy atom. The maximum atomic E-state index is 11.8. The van der Waals surface area contributed by atoms with Crippen LogP contribution in [0.2, 0.25) is 0 Å². The van der Waals surface area contributed by atoms with Gasteiger partial charge in [0.1, 0.15) is 11.5 Å². The Bertz CT molecular complexity index is 570. The molecule has 98 valence electrons. The van der Waals surface area contributed by atoms with Crippen LogP contribution in [0.1, 0.15) is 26.2 Å².